The van der Waals surface area contributed by atoms with Crippen LogP contribution in [0.25, 0.3) is 0 Å². The first-order valence-corrected chi connectivity index (χ1v) is 10.8. The second kappa shape index (κ2) is 9.89. The molecular formula is C20H21Cl3N2S. The number of halogens is 3. The minimum Gasteiger partial charge on any atom is -0.360 e. The summed E-state index contributed by atoms with van der Waals surface area (Å²) in [5.41, 5.74) is 2.45. The van der Waals surface area contributed by atoms with E-state index >= 15 is 0 Å². The van der Waals surface area contributed by atoms with Gasteiger partial charge in [-0.2, -0.15) is 11.8 Å². The zero-order valence-corrected chi connectivity index (χ0v) is 17.5. The Morgan fingerprint density at radius 1 is 1.04 bits per heavy atom. The predicted molar refractivity (Wildman–Crippen MR) is 116 cm³/mol. The van der Waals surface area contributed by atoms with Crippen molar-refractivity contribution in [2.24, 2.45) is 4.99 Å². The lowest BCUT2D eigenvalue weighted by atomic mass is 10.1. The third kappa shape index (κ3) is 6.09. The van der Waals surface area contributed by atoms with E-state index in [1.165, 1.54) is 5.56 Å². The summed E-state index contributed by atoms with van der Waals surface area (Å²) in [6, 6.07) is 13.9. The topological polar surface area (TPSA) is 15.6 Å². The van der Waals surface area contributed by atoms with Gasteiger partial charge in [0.05, 0.1) is 12.9 Å². The van der Waals surface area contributed by atoms with Gasteiger partial charge in [0, 0.05) is 39.2 Å². The van der Waals surface area contributed by atoms with E-state index in [9.17, 15) is 0 Å². The second-order valence-corrected chi connectivity index (χ2v) is 8.92. The van der Waals surface area contributed by atoms with Crippen LogP contribution in [-0.4, -0.2) is 36.1 Å². The van der Waals surface area contributed by atoms with Crippen LogP contribution >= 0.6 is 46.6 Å². The third-order valence-corrected chi connectivity index (χ3v) is 6.53. The average Bonchev–Trinajstić information content (AvgIpc) is 3.13. The summed E-state index contributed by atoms with van der Waals surface area (Å²) in [6.45, 7) is 2.92. The quantitative estimate of drug-likeness (QED) is 0.496. The smallest absolute Gasteiger partial charge is 0.0851 e. The molecule has 1 heterocycles. The van der Waals surface area contributed by atoms with E-state index in [-0.39, 0.29) is 0 Å². The summed E-state index contributed by atoms with van der Waals surface area (Å²) in [5.74, 6) is 0.881. The lowest BCUT2D eigenvalue weighted by Crippen LogP contribution is -2.29. The second-order valence-electron chi connectivity index (χ2n) is 6.35. The van der Waals surface area contributed by atoms with Crippen molar-refractivity contribution in [1.82, 2.24) is 4.90 Å². The number of thioether (sulfide) groups is 1. The summed E-state index contributed by atoms with van der Waals surface area (Å²) in [7, 11) is 0. The molecule has 0 amide bonds. The van der Waals surface area contributed by atoms with Crippen molar-refractivity contribution >= 4 is 52.9 Å². The number of hydrogen-bond donors (Lipinski definition) is 0. The van der Waals surface area contributed by atoms with E-state index in [0.717, 1.165) is 53.8 Å². The van der Waals surface area contributed by atoms with Crippen LogP contribution in [0.4, 0.5) is 0 Å². The standard InChI is InChI=1S/C20H21Cl3N2S/c21-17-5-1-15(2-6-17)3-8-19(12-25-10-9-24-14-25)26-13-16-4-7-18(22)11-20(16)23/h1-2,4-7,11,14,19H,3,8-10,12-13H2. The van der Waals surface area contributed by atoms with E-state index in [2.05, 4.69) is 22.0 Å². The van der Waals surface area contributed by atoms with Crippen molar-refractivity contribution < 1.29 is 0 Å². The highest BCUT2D eigenvalue weighted by Crippen LogP contribution is 2.28. The largest absolute Gasteiger partial charge is 0.360 e. The van der Waals surface area contributed by atoms with Gasteiger partial charge in [-0.15, -0.1) is 0 Å². The Morgan fingerprint density at radius 3 is 2.50 bits per heavy atom. The average molecular weight is 428 g/mol. The van der Waals surface area contributed by atoms with Gasteiger partial charge in [-0.05, 0) is 48.2 Å². The van der Waals surface area contributed by atoms with Gasteiger partial charge in [-0.25, -0.2) is 0 Å². The minimum absolute atomic E-state index is 0.502. The molecule has 0 saturated carbocycles. The molecule has 138 valence electrons. The number of aliphatic imine (C=N–C) groups is 1. The number of hydrogen-bond acceptors (Lipinski definition) is 3. The van der Waals surface area contributed by atoms with E-state index < -0.39 is 0 Å². The molecule has 2 aromatic rings. The van der Waals surface area contributed by atoms with Crippen LogP contribution in [0.5, 0.6) is 0 Å². The third-order valence-electron chi connectivity index (χ3n) is 4.36. The van der Waals surface area contributed by atoms with E-state index in [4.69, 9.17) is 34.8 Å². The molecule has 2 nitrogen and oxygen atoms in total. The summed E-state index contributed by atoms with van der Waals surface area (Å²) >= 11 is 20.3. The molecular weight excluding hydrogens is 407 g/mol. The van der Waals surface area contributed by atoms with Gasteiger partial charge in [-0.1, -0.05) is 53.0 Å². The molecule has 0 aromatic heterocycles. The lowest BCUT2D eigenvalue weighted by molar-refractivity contribution is 0.454. The van der Waals surface area contributed by atoms with Gasteiger partial charge < -0.3 is 4.90 Å². The Kier molecular flexibility index (Phi) is 7.56. The molecule has 1 unspecified atom stereocenters. The molecule has 6 heteroatoms. The molecule has 0 saturated heterocycles. The summed E-state index contributed by atoms with van der Waals surface area (Å²) in [4.78, 5) is 6.64. The van der Waals surface area contributed by atoms with Gasteiger partial charge in [0.1, 0.15) is 0 Å². The Bertz CT molecular complexity index is 749. The highest BCUT2D eigenvalue weighted by Gasteiger charge is 2.16. The first-order chi connectivity index (χ1) is 12.6. The van der Waals surface area contributed by atoms with Gasteiger partial charge in [-0.3, -0.25) is 4.99 Å². The number of benzene rings is 2. The highest BCUT2D eigenvalue weighted by atomic mass is 35.5. The summed E-state index contributed by atoms with van der Waals surface area (Å²) in [6.07, 6.45) is 4.11. The molecule has 1 atom stereocenters. The normalized spacial score (nSPS) is 14.8. The lowest BCUT2D eigenvalue weighted by Gasteiger charge is -2.23. The molecule has 0 spiro atoms. The zero-order chi connectivity index (χ0) is 18.4. The van der Waals surface area contributed by atoms with Crippen LogP contribution in [0.1, 0.15) is 17.5 Å². The van der Waals surface area contributed by atoms with Crippen molar-refractivity contribution in [3.8, 4) is 0 Å². The monoisotopic (exact) mass is 426 g/mol. The predicted octanol–water partition coefficient (Wildman–Crippen LogP) is 6.23. The minimum atomic E-state index is 0.502. The molecule has 0 aliphatic carbocycles. The fraction of sp³-hybridized carbons (Fsp3) is 0.350. The number of aryl methyl sites for hydroxylation is 1. The Morgan fingerprint density at radius 2 is 1.81 bits per heavy atom. The van der Waals surface area contributed by atoms with E-state index in [1.54, 1.807) is 0 Å². The van der Waals surface area contributed by atoms with Crippen LogP contribution in [0.3, 0.4) is 0 Å². The van der Waals surface area contributed by atoms with Crippen molar-refractivity contribution in [3.05, 3.63) is 68.7 Å². The van der Waals surface area contributed by atoms with Gasteiger partial charge in [0.15, 0.2) is 0 Å². The molecule has 3 rings (SSSR count). The zero-order valence-electron chi connectivity index (χ0n) is 14.4. The molecule has 1 aliphatic rings. The van der Waals surface area contributed by atoms with Crippen LogP contribution in [-0.2, 0) is 12.2 Å². The fourth-order valence-electron chi connectivity index (χ4n) is 2.87. The van der Waals surface area contributed by atoms with Crippen molar-refractivity contribution in [2.75, 3.05) is 19.6 Å². The first-order valence-electron chi connectivity index (χ1n) is 8.64. The molecule has 0 fully saturated rings. The molecule has 0 bridgehead atoms. The molecule has 0 N–H and O–H groups in total. The molecule has 0 radical (unpaired) electrons. The van der Waals surface area contributed by atoms with Crippen LogP contribution in [0, 0.1) is 0 Å². The van der Waals surface area contributed by atoms with E-state index in [0.29, 0.717) is 10.3 Å². The summed E-state index contributed by atoms with van der Waals surface area (Å²) in [5, 5.41) is 2.70. The van der Waals surface area contributed by atoms with Crippen molar-refractivity contribution in [3.63, 3.8) is 0 Å². The maximum absolute atomic E-state index is 6.33. The number of rotatable bonds is 8. The Labute approximate surface area is 174 Å². The van der Waals surface area contributed by atoms with Gasteiger partial charge in [0.25, 0.3) is 0 Å². The van der Waals surface area contributed by atoms with Crippen molar-refractivity contribution in [2.45, 2.75) is 23.8 Å². The van der Waals surface area contributed by atoms with Crippen molar-refractivity contribution in [1.29, 1.82) is 0 Å². The Balaban J connectivity index is 1.60. The van der Waals surface area contributed by atoms with Crippen LogP contribution in [0.15, 0.2) is 47.5 Å². The maximum atomic E-state index is 6.33. The molecule has 26 heavy (non-hydrogen) atoms. The van der Waals surface area contributed by atoms with Crippen LogP contribution in [0.2, 0.25) is 15.1 Å². The highest BCUT2D eigenvalue weighted by molar-refractivity contribution is 7.99. The first kappa shape index (κ1) is 19.9. The molecule has 1 aliphatic heterocycles. The van der Waals surface area contributed by atoms with Gasteiger partial charge in [0.2, 0.25) is 0 Å². The molecule has 2 aromatic carbocycles. The maximum Gasteiger partial charge on any atom is 0.0851 e. The Hall–Kier alpha value is -0.870. The van der Waals surface area contributed by atoms with Crippen LogP contribution < -0.4 is 0 Å². The number of nitrogens with zero attached hydrogens (tertiary/aromatic N) is 2. The van der Waals surface area contributed by atoms with E-state index in [1.807, 2.05) is 48.4 Å². The summed E-state index contributed by atoms with van der Waals surface area (Å²) < 4.78 is 0. The van der Waals surface area contributed by atoms with Gasteiger partial charge >= 0.3 is 0 Å². The fourth-order valence-corrected chi connectivity index (χ4v) is 4.80. The SMILES string of the molecule is Clc1ccc(CCC(CN2C=NCC2)SCc2ccc(Cl)cc2Cl)cc1.